The molecule has 2 unspecified atom stereocenters. The van der Waals surface area contributed by atoms with Gasteiger partial charge in [-0.1, -0.05) is 19.8 Å². The van der Waals surface area contributed by atoms with Crippen LogP contribution in [0.3, 0.4) is 0 Å². The van der Waals surface area contributed by atoms with Gasteiger partial charge in [0, 0.05) is 12.1 Å². The number of nitrogens with one attached hydrogen (secondary N) is 1. The molecule has 2 aliphatic rings. The smallest absolute Gasteiger partial charge is 0.00821 e. The highest BCUT2D eigenvalue weighted by Gasteiger charge is 2.25. The van der Waals surface area contributed by atoms with Crippen molar-refractivity contribution in [2.24, 2.45) is 5.92 Å². The van der Waals surface area contributed by atoms with E-state index < -0.39 is 0 Å². The van der Waals surface area contributed by atoms with E-state index in [-0.39, 0.29) is 0 Å². The lowest BCUT2D eigenvalue weighted by Gasteiger charge is -2.22. The maximum Gasteiger partial charge on any atom is 0.00821 e. The van der Waals surface area contributed by atoms with Crippen LogP contribution in [0.2, 0.25) is 0 Å². The zero-order valence-electron chi connectivity index (χ0n) is 11.8. The Bertz CT molecular complexity index is 213. The molecule has 2 nitrogen and oxygen atoms in total. The molecule has 0 spiro atoms. The second kappa shape index (κ2) is 6.75. The van der Waals surface area contributed by atoms with Gasteiger partial charge in [0.15, 0.2) is 0 Å². The number of nitrogens with zero attached hydrogens (tertiary/aromatic N) is 1. The molecule has 0 aromatic heterocycles. The number of hydrogen-bond acceptors (Lipinski definition) is 2. The van der Waals surface area contributed by atoms with E-state index in [0.29, 0.717) is 0 Å². The minimum atomic E-state index is 0.741. The Labute approximate surface area is 107 Å². The van der Waals surface area contributed by atoms with Gasteiger partial charge in [0.05, 0.1) is 0 Å². The van der Waals surface area contributed by atoms with E-state index in [1.165, 1.54) is 64.6 Å². The summed E-state index contributed by atoms with van der Waals surface area (Å²) < 4.78 is 0. The third-order valence-corrected chi connectivity index (χ3v) is 4.26. The summed E-state index contributed by atoms with van der Waals surface area (Å²) in [5.41, 5.74) is 0. The lowest BCUT2D eigenvalue weighted by molar-refractivity contribution is 0.281. The van der Waals surface area contributed by atoms with Crippen LogP contribution in [0.5, 0.6) is 0 Å². The van der Waals surface area contributed by atoms with E-state index in [4.69, 9.17) is 0 Å². The molecule has 2 rings (SSSR count). The van der Waals surface area contributed by atoms with E-state index in [1.807, 2.05) is 0 Å². The van der Waals surface area contributed by atoms with Gasteiger partial charge in [-0.05, 0) is 64.6 Å². The Morgan fingerprint density at radius 3 is 2.71 bits per heavy atom. The first kappa shape index (κ1) is 13.4. The Balaban J connectivity index is 1.66. The molecule has 0 aromatic rings. The van der Waals surface area contributed by atoms with Crippen LogP contribution in [0.15, 0.2) is 0 Å². The normalized spacial score (nSPS) is 28.9. The summed E-state index contributed by atoms with van der Waals surface area (Å²) in [6.45, 7) is 8.60. The van der Waals surface area contributed by atoms with Crippen molar-refractivity contribution in [2.75, 3.05) is 19.6 Å². The first-order chi connectivity index (χ1) is 8.28. The van der Waals surface area contributed by atoms with Crippen LogP contribution < -0.4 is 5.32 Å². The molecular weight excluding hydrogens is 208 g/mol. The Morgan fingerprint density at radius 1 is 1.18 bits per heavy atom. The van der Waals surface area contributed by atoms with Crippen molar-refractivity contribution in [3.63, 3.8) is 0 Å². The van der Waals surface area contributed by atoms with E-state index in [0.717, 1.165) is 18.0 Å². The Hall–Kier alpha value is -0.0800. The van der Waals surface area contributed by atoms with E-state index in [1.54, 1.807) is 0 Å². The monoisotopic (exact) mass is 238 g/mol. The number of likely N-dealkylation sites (tertiary alicyclic amines) is 1. The molecule has 100 valence electrons. The second-order valence-corrected chi connectivity index (χ2v) is 6.22. The summed E-state index contributed by atoms with van der Waals surface area (Å²) in [7, 11) is 0. The molecule has 1 saturated carbocycles. The topological polar surface area (TPSA) is 15.3 Å². The lowest BCUT2D eigenvalue weighted by Crippen LogP contribution is -2.37. The van der Waals surface area contributed by atoms with Crippen molar-refractivity contribution >= 4 is 0 Å². The Morgan fingerprint density at radius 2 is 2.00 bits per heavy atom. The van der Waals surface area contributed by atoms with Gasteiger partial charge in [-0.2, -0.15) is 0 Å². The van der Waals surface area contributed by atoms with Crippen LogP contribution in [0.4, 0.5) is 0 Å². The van der Waals surface area contributed by atoms with Gasteiger partial charge >= 0.3 is 0 Å². The fourth-order valence-corrected chi connectivity index (χ4v) is 3.19. The molecule has 2 heteroatoms. The van der Waals surface area contributed by atoms with Gasteiger partial charge in [0.25, 0.3) is 0 Å². The highest BCUT2D eigenvalue weighted by Crippen LogP contribution is 2.33. The van der Waals surface area contributed by atoms with Crippen molar-refractivity contribution < 1.29 is 0 Å². The van der Waals surface area contributed by atoms with Crippen molar-refractivity contribution in [1.29, 1.82) is 0 Å². The zero-order valence-corrected chi connectivity index (χ0v) is 11.8. The maximum atomic E-state index is 3.87. The molecule has 17 heavy (non-hydrogen) atoms. The second-order valence-electron chi connectivity index (χ2n) is 6.22. The molecular formula is C15H30N2. The summed E-state index contributed by atoms with van der Waals surface area (Å²) in [5.74, 6) is 1.06. The molecule has 1 aliphatic heterocycles. The highest BCUT2D eigenvalue weighted by atomic mass is 15.1. The van der Waals surface area contributed by atoms with E-state index in [9.17, 15) is 0 Å². The van der Waals surface area contributed by atoms with Gasteiger partial charge in [-0.25, -0.2) is 0 Å². The summed E-state index contributed by atoms with van der Waals surface area (Å²) >= 11 is 0. The summed E-state index contributed by atoms with van der Waals surface area (Å²) in [5, 5.41) is 3.87. The van der Waals surface area contributed by atoms with Gasteiger partial charge in [0.2, 0.25) is 0 Å². The largest absolute Gasteiger partial charge is 0.311 e. The molecule has 2 atom stereocenters. The van der Waals surface area contributed by atoms with Crippen LogP contribution in [0, 0.1) is 5.92 Å². The average molecular weight is 238 g/mol. The molecule has 1 aliphatic carbocycles. The predicted molar refractivity (Wildman–Crippen MR) is 74.3 cm³/mol. The summed E-state index contributed by atoms with van der Waals surface area (Å²) in [6.07, 6.45) is 9.81. The third-order valence-electron chi connectivity index (χ3n) is 4.26. The molecule has 0 aromatic carbocycles. The molecule has 0 bridgehead atoms. The van der Waals surface area contributed by atoms with Gasteiger partial charge in [0.1, 0.15) is 0 Å². The van der Waals surface area contributed by atoms with Crippen LogP contribution >= 0.6 is 0 Å². The van der Waals surface area contributed by atoms with Crippen LogP contribution in [-0.2, 0) is 0 Å². The molecule has 1 N–H and O–H groups in total. The molecule has 2 fully saturated rings. The fraction of sp³-hybridized carbons (Fsp3) is 1.00. The standard InChI is InChI=1S/C15H30N2/c1-3-9-17-10-4-5-15(8-11-17)16-13(2)12-14-6-7-14/h13-16H,3-12H2,1-2H3. The van der Waals surface area contributed by atoms with Crippen LogP contribution in [0.25, 0.3) is 0 Å². The summed E-state index contributed by atoms with van der Waals surface area (Å²) in [6, 6.07) is 1.52. The molecule has 0 amide bonds. The third kappa shape index (κ3) is 4.97. The van der Waals surface area contributed by atoms with Crippen LogP contribution in [-0.4, -0.2) is 36.6 Å². The maximum absolute atomic E-state index is 3.87. The predicted octanol–water partition coefficient (Wildman–Crippen LogP) is 3.03. The van der Waals surface area contributed by atoms with Gasteiger partial charge < -0.3 is 10.2 Å². The van der Waals surface area contributed by atoms with Crippen molar-refractivity contribution in [2.45, 2.75) is 70.9 Å². The number of hydrogen-bond donors (Lipinski definition) is 1. The highest BCUT2D eigenvalue weighted by molar-refractivity contribution is 4.82. The fourth-order valence-electron chi connectivity index (χ4n) is 3.19. The van der Waals surface area contributed by atoms with Crippen molar-refractivity contribution in [3.8, 4) is 0 Å². The first-order valence-electron chi connectivity index (χ1n) is 7.76. The lowest BCUT2D eigenvalue weighted by atomic mass is 10.1. The van der Waals surface area contributed by atoms with Gasteiger partial charge in [-0.15, -0.1) is 0 Å². The van der Waals surface area contributed by atoms with E-state index in [2.05, 4.69) is 24.1 Å². The SMILES string of the molecule is CCCN1CCCC(NC(C)CC2CC2)CC1. The molecule has 0 radical (unpaired) electrons. The zero-order chi connectivity index (χ0) is 12.1. The van der Waals surface area contributed by atoms with Gasteiger partial charge in [-0.3, -0.25) is 0 Å². The number of rotatable bonds is 6. The van der Waals surface area contributed by atoms with Crippen molar-refractivity contribution in [1.82, 2.24) is 10.2 Å². The molecule has 1 heterocycles. The first-order valence-corrected chi connectivity index (χ1v) is 7.76. The Kier molecular flexibility index (Phi) is 5.30. The minimum Gasteiger partial charge on any atom is -0.311 e. The van der Waals surface area contributed by atoms with Crippen molar-refractivity contribution in [3.05, 3.63) is 0 Å². The quantitative estimate of drug-likeness (QED) is 0.765. The summed E-state index contributed by atoms with van der Waals surface area (Å²) in [4.78, 5) is 2.65. The molecule has 1 saturated heterocycles. The van der Waals surface area contributed by atoms with Crippen LogP contribution in [0.1, 0.15) is 58.8 Å². The minimum absolute atomic E-state index is 0.741. The average Bonchev–Trinajstić information content (AvgIpc) is 3.09. The van der Waals surface area contributed by atoms with E-state index >= 15 is 0 Å².